The van der Waals surface area contributed by atoms with Crippen molar-refractivity contribution < 1.29 is 28.6 Å². The third kappa shape index (κ3) is 23.0. The van der Waals surface area contributed by atoms with Crippen LogP contribution in [0.4, 0.5) is 0 Å². The number of carbonyl (C=O) groups is 3. The summed E-state index contributed by atoms with van der Waals surface area (Å²) in [6.07, 6.45) is 10.8. The summed E-state index contributed by atoms with van der Waals surface area (Å²) in [6, 6.07) is 0. The molecule has 0 saturated heterocycles. The van der Waals surface area contributed by atoms with E-state index in [1.54, 1.807) is 16.8 Å². The lowest BCUT2D eigenvalue weighted by atomic mass is 10.1. The van der Waals surface area contributed by atoms with Crippen LogP contribution in [0.3, 0.4) is 0 Å². The Morgan fingerprint density at radius 3 is 1.43 bits per heavy atom. The number of ketones is 1. The number of Topliss-reactive ketones (excluding diaryl/α,β-unsaturated/α-hetero) is 1. The van der Waals surface area contributed by atoms with Gasteiger partial charge in [0.25, 0.3) is 0 Å². The summed E-state index contributed by atoms with van der Waals surface area (Å²) in [5.74, 6) is 1.14. The van der Waals surface area contributed by atoms with E-state index in [2.05, 4.69) is 12.6 Å². The predicted octanol–water partition coefficient (Wildman–Crippen LogP) is 3.76. The second-order valence-corrected chi connectivity index (χ2v) is 9.42. The molecule has 0 aliphatic rings. The molecule has 2 amide bonds. The van der Waals surface area contributed by atoms with Crippen LogP contribution in [-0.2, 0) is 28.6 Å². The highest BCUT2D eigenvalue weighted by atomic mass is 32.1. The normalized spacial score (nSPS) is 11.0. The third-order valence-corrected chi connectivity index (χ3v) is 6.04. The molecule has 0 aromatic heterocycles. The number of rotatable bonds is 25. The molecule has 0 bridgehead atoms. The Kier molecular flexibility index (Phi) is 23.7. The average Bonchev–Trinajstić information content (AvgIpc) is 2.84. The number of hydrogen-bond acceptors (Lipinski definition) is 7. The maximum absolute atomic E-state index is 12.2. The number of nitrogens with zero attached hydrogens (tertiary/aromatic N) is 2. The van der Waals surface area contributed by atoms with Crippen LogP contribution in [0.1, 0.15) is 77.6 Å². The number of ether oxygens (including phenoxy) is 3. The molecular weight excluding hydrogens is 468 g/mol. The number of carbonyl (C=O) groups excluding carboxylic acids is 3. The van der Waals surface area contributed by atoms with Gasteiger partial charge in [0.2, 0.25) is 11.8 Å². The lowest BCUT2D eigenvalue weighted by Crippen LogP contribution is -2.30. The summed E-state index contributed by atoms with van der Waals surface area (Å²) < 4.78 is 16.5. The van der Waals surface area contributed by atoms with Crippen LogP contribution in [0.25, 0.3) is 0 Å². The van der Waals surface area contributed by atoms with Gasteiger partial charge in [0.15, 0.2) is 0 Å². The standard InChI is InChI=1S/C26H50N2O6S/c1-24(29)13-14-26(31)28(3)16-18-33-20-22-34-21-19-32-17-15-27(2)25(30)12-10-8-6-4-5-7-9-11-23-35/h35H,4-23H2,1-3H3. The molecule has 8 nitrogen and oxygen atoms in total. The smallest absolute Gasteiger partial charge is 0.222 e. The second kappa shape index (κ2) is 24.5. The lowest BCUT2D eigenvalue weighted by molar-refractivity contribution is -0.132. The van der Waals surface area contributed by atoms with Gasteiger partial charge in [-0.15, -0.1) is 0 Å². The van der Waals surface area contributed by atoms with E-state index in [4.69, 9.17) is 14.2 Å². The quantitative estimate of drug-likeness (QED) is 0.146. The molecule has 0 aliphatic carbocycles. The number of unbranched alkanes of at least 4 members (excludes halogenated alkanes) is 7. The van der Waals surface area contributed by atoms with E-state index in [-0.39, 0.29) is 30.4 Å². The van der Waals surface area contributed by atoms with Crippen molar-refractivity contribution in [2.45, 2.75) is 77.6 Å². The molecule has 0 aliphatic heterocycles. The topological polar surface area (TPSA) is 85.4 Å². The van der Waals surface area contributed by atoms with Crippen molar-refractivity contribution in [2.75, 3.05) is 72.6 Å². The zero-order chi connectivity index (χ0) is 26.2. The second-order valence-electron chi connectivity index (χ2n) is 8.97. The summed E-state index contributed by atoms with van der Waals surface area (Å²) >= 11 is 4.23. The molecule has 0 heterocycles. The lowest BCUT2D eigenvalue weighted by Gasteiger charge is -2.17. The largest absolute Gasteiger partial charge is 0.377 e. The van der Waals surface area contributed by atoms with Gasteiger partial charge in [0.1, 0.15) is 5.78 Å². The summed E-state index contributed by atoms with van der Waals surface area (Å²) in [7, 11) is 3.54. The molecule has 206 valence electrons. The molecule has 0 unspecified atom stereocenters. The Hall–Kier alpha value is -1.16. The third-order valence-electron chi connectivity index (χ3n) is 5.73. The molecular formula is C26H50N2O6S. The SMILES string of the molecule is CC(=O)CCC(=O)N(C)CCOCCOCCOCCN(C)C(=O)CCCCCCCCCCS. The van der Waals surface area contributed by atoms with E-state index in [1.807, 2.05) is 7.05 Å². The molecule has 0 saturated carbocycles. The molecule has 0 aromatic rings. The van der Waals surface area contributed by atoms with Gasteiger partial charge in [-0.1, -0.05) is 38.5 Å². The first-order chi connectivity index (χ1) is 16.9. The Bertz CT molecular complexity index is 550. The Morgan fingerprint density at radius 2 is 0.971 bits per heavy atom. The summed E-state index contributed by atoms with van der Waals surface area (Å²) in [5.41, 5.74) is 0. The van der Waals surface area contributed by atoms with Gasteiger partial charge in [0.05, 0.1) is 39.6 Å². The van der Waals surface area contributed by atoms with Gasteiger partial charge < -0.3 is 28.8 Å². The fourth-order valence-electron chi connectivity index (χ4n) is 3.31. The van der Waals surface area contributed by atoms with Crippen molar-refractivity contribution in [2.24, 2.45) is 0 Å². The van der Waals surface area contributed by atoms with E-state index in [1.165, 1.54) is 45.4 Å². The number of thiol groups is 1. The molecule has 0 aromatic carbocycles. The van der Waals surface area contributed by atoms with Gasteiger partial charge in [-0.25, -0.2) is 0 Å². The maximum Gasteiger partial charge on any atom is 0.222 e. The van der Waals surface area contributed by atoms with Crippen molar-refractivity contribution in [1.29, 1.82) is 0 Å². The first-order valence-corrected chi connectivity index (χ1v) is 13.8. The summed E-state index contributed by atoms with van der Waals surface area (Å²) in [5, 5.41) is 0. The average molecular weight is 519 g/mol. The van der Waals surface area contributed by atoms with Crippen LogP contribution < -0.4 is 0 Å². The molecule has 0 N–H and O–H groups in total. The van der Waals surface area contributed by atoms with Gasteiger partial charge in [-0.3, -0.25) is 9.59 Å². The van der Waals surface area contributed by atoms with Gasteiger partial charge in [-0.2, -0.15) is 12.6 Å². The fourth-order valence-corrected chi connectivity index (χ4v) is 3.53. The van der Waals surface area contributed by atoms with Gasteiger partial charge >= 0.3 is 0 Å². The zero-order valence-electron chi connectivity index (χ0n) is 22.4. The van der Waals surface area contributed by atoms with Crippen LogP contribution in [0.15, 0.2) is 0 Å². The highest BCUT2D eigenvalue weighted by Crippen LogP contribution is 2.10. The van der Waals surface area contributed by atoms with E-state index in [0.717, 1.165) is 18.6 Å². The van der Waals surface area contributed by atoms with E-state index >= 15 is 0 Å². The summed E-state index contributed by atoms with van der Waals surface area (Å²) in [6.45, 7) is 5.34. The monoisotopic (exact) mass is 518 g/mol. The van der Waals surface area contributed by atoms with Crippen LogP contribution in [0.5, 0.6) is 0 Å². The first kappa shape index (κ1) is 33.8. The van der Waals surface area contributed by atoms with E-state index in [9.17, 15) is 14.4 Å². The van der Waals surface area contributed by atoms with Crippen LogP contribution in [-0.4, -0.2) is 100.0 Å². The van der Waals surface area contributed by atoms with Crippen LogP contribution in [0, 0.1) is 0 Å². The van der Waals surface area contributed by atoms with Gasteiger partial charge in [0, 0.05) is 46.4 Å². The van der Waals surface area contributed by atoms with Crippen molar-refractivity contribution in [3.05, 3.63) is 0 Å². The zero-order valence-corrected chi connectivity index (χ0v) is 23.3. The number of hydrogen-bond donors (Lipinski definition) is 1. The van der Waals surface area contributed by atoms with E-state index < -0.39 is 0 Å². The molecule has 0 atom stereocenters. The Balaban J connectivity index is 3.44. The molecule has 35 heavy (non-hydrogen) atoms. The minimum absolute atomic E-state index is 0.0208. The predicted molar refractivity (Wildman–Crippen MR) is 143 cm³/mol. The molecule has 0 rings (SSSR count). The van der Waals surface area contributed by atoms with Crippen molar-refractivity contribution >= 4 is 30.2 Å². The highest BCUT2D eigenvalue weighted by molar-refractivity contribution is 7.80. The van der Waals surface area contributed by atoms with Crippen molar-refractivity contribution in [3.8, 4) is 0 Å². The Labute approximate surface area is 218 Å². The summed E-state index contributed by atoms with van der Waals surface area (Å²) in [4.78, 5) is 38.2. The highest BCUT2D eigenvalue weighted by Gasteiger charge is 2.09. The van der Waals surface area contributed by atoms with Gasteiger partial charge in [-0.05, 0) is 25.5 Å². The molecule has 0 radical (unpaired) electrons. The van der Waals surface area contributed by atoms with Crippen LogP contribution in [0.2, 0.25) is 0 Å². The Morgan fingerprint density at radius 1 is 0.571 bits per heavy atom. The minimum atomic E-state index is -0.0499. The molecule has 9 heteroatoms. The molecule has 0 fully saturated rings. The molecule has 0 spiro atoms. The van der Waals surface area contributed by atoms with Crippen LogP contribution >= 0.6 is 12.6 Å². The minimum Gasteiger partial charge on any atom is -0.377 e. The first-order valence-electron chi connectivity index (χ1n) is 13.2. The number of likely N-dealkylation sites (N-methyl/N-ethyl adjacent to an activating group) is 2. The fraction of sp³-hybridized carbons (Fsp3) is 0.885. The maximum atomic E-state index is 12.2. The van der Waals surface area contributed by atoms with Crippen molar-refractivity contribution in [1.82, 2.24) is 9.80 Å². The number of amides is 2. The van der Waals surface area contributed by atoms with E-state index in [0.29, 0.717) is 59.2 Å². The van der Waals surface area contributed by atoms with Crippen molar-refractivity contribution in [3.63, 3.8) is 0 Å².